The molecule has 0 atom stereocenters. The number of hydrogen-bond donors (Lipinski definition) is 2. The van der Waals surface area contributed by atoms with Crippen molar-refractivity contribution >= 4 is 27.2 Å². The second-order valence-corrected chi connectivity index (χ2v) is 5.95. The minimum absolute atomic E-state index is 0.216. The van der Waals surface area contributed by atoms with Crippen LogP contribution in [0.3, 0.4) is 0 Å². The predicted molar refractivity (Wildman–Crippen MR) is 67.3 cm³/mol. The van der Waals surface area contributed by atoms with Gasteiger partial charge in [0.2, 0.25) is 0 Å². The van der Waals surface area contributed by atoms with Crippen LogP contribution in [0.5, 0.6) is 0 Å². The van der Waals surface area contributed by atoms with Crippen LogP contribution in [0.1, 0.15) is 4.88 Å². The van der Waals surface area contributed by atoms with Crippen molar-refractivity contribution in [2.75, 3.05) is 4.72 Å². The van der Waals surface area contributed by atoms with Crippen LogP contribution >= 0.6 is 11.3 Å². The van der Waals surface area contributed by atoms with E-state index >= 15 is 0 Å². The Morgan fingerprint density at radius 1 is 1.41 bits per heavy atom. The van der Waals surface area contributed by atoms with Gasteiger partial charge in [-0.1, -0.05) is 6.07 Å². The van der Waals surface area contributed by atoms with Crippen LogP contribution in [0.2, 0.25) is 0 Å². The van der Waals surface area contributed by atoms with Gasteiger partial charge in [0, 0.05) is 23.0 Å². The van der Waals surface area contributed by atoms with Gasteiger partial charge in [0.15, 0.2) is 0 Å². The Morgan fingerprint density at radius 2 is 2.24 bits per heavy atom. The largest absolute Gasteiger partial charge is 0.326 e. The van der Waals surface area contributed by atoms with E-state index in [2.05, 4.69) is 9.71 Å². The molecule has 0 saturated carbocycles. The van der Waals surface area contributed by atoms with Gasteiger partial charge >= 0.3 is 0 Å². The highest BCUT2D eigenvalue weighted by Gasteiger charge is 2.16. The lowest BCUT2D eigenvalue weighted by molar-refractivity contribution is 0.601. The molecule has 0 aromatic carbocycles. The summed E-state index contributed by atoms with van der Waals surface area (Å²) in [6, 6.07) is 6.59. The summed E-state index contributed by atoms with van der Waals surface area (Å²) in [5.74, 6) is 0.299. The highest BCUT2D eigenvalue weighted by Crippen LogP contribution is 2.20. The molecule has 2 aromatic rings. The van der Waals surface area contributed by atoms with E-state index in [1.54, 1.807) is 29.6 Å². The Morgan fingerprint density at radius 3 is 2.82 bits per heavy atom. The summed E-state index contributed by atoms with van der Waals surface area (Å²) in [6.45, 7) is 0.337. The van der Waals surface area contributed by atoms with Crippen LogP contribution in [-0.2, 0) is 16.6 Å². The molecule has 0 fully saturated rings. The minimum atomic E-state index is -3.56. The molecule has 0 aliphatic heterocycles. The second kappa shape index (κ2) is 4.82. The lowest BCUT2D eigenvalue weighted by atomic mass is 10.5. The number of thiophene rings is 1. The van der Waals surface area contributed by atoms with Gasteiger partial charge < -0.3 is 5.73 Å². The second-order valence-electron chi connectivity index (χ2n) is 3.27. The highest BCUT2D eigenvalue weighted by atomic mass is 32.2. The number of nitrogens with one attached hydrogen (secondary N) is 1. The molecule has 2 rings (SSSR count). The molecule has 7 heteroatoms. The Labute approximate surface area is 103 Å². The molecular weight excluding hydrogens is 258 g/mol. The molecule has 17 heavy (non-hydrogen) atoms. The normalized spacial score (nSPS) is 11.4. The number of pyridine rings is 1. The van der Waals surface area contributed by atoms with E-state index in [9.17, 15) is 8.42 Å². The topological polar surface area (TPSA) is 85.1 Å². The van der Waals surface area contributed by atoms with Gasteiger partial charge in [-0.15, -0.1) is 11.3 Å². The Kier molecular flexibility index (Phi) is 3.41. The van der Waals surface area contributed by atoms with Crippen LogP contribution in [-0.4, -0.2) is 13.4 Å². The third kappa shape index (κ3) is 2.82. The van der Waals surface area contributed by atoms with Crippen LogP contribution in [0, 0.1) is 0 Å². The average Bonchev–Trinajstić information content (AvgIpc) is 2.79. The van der Waals surface area contributed by atoms with Gasteiger partial charge in [-0.05, 0) is 18.2 Å². The summed E-state index contributed by atoms with van der Waals surface area (Å²) in [6.07, 6.45) is 1.52. The number of aromatic nitrogens is 1. The zero-order chi connectivity index (χ0) is 12.3. The van der Waals surface area contributed by atoms with Gasteiger partial charge in [-0.2, -0.15) is 0 Å². The Bertz CT molecular complexity index is 593. The third-order valence-corrected chi connectivity index (χ3v) is 4.49. The molecule has 0 saturated heterocycles. The van der Waals surface area contributed by atoms with Crippen LogP contribution < -0.4 is 10.5 Å². The van der Waals surface area contributed by atoms with Crippen molar-refractivity contribution in [3.63, 3.8) is 0 Å². The summed E-state index contributed by atoms with van der Waals surface area (Å²) >= 11 is 1.32. The highest BCUT2D eigenvalue weighted by molar-refractivity contribution is 7.92. The quantitative estimate of drug-likeness (QED) is 0.878. The molecule has 5 nitrogen and oxygen atoms in total. The van der Waals surface area contributed by atoms with Crippen molar-refractivity contribution in [2.45, 2.75) is 11.4 Å². The molecule has 3 N–H and O–H groups in total. The van der Waals surface area contributed by atoms with Gasteiger partial charge in [0.05, 0.1) is 4.90 Å². The Hall–Kier alpha value is -1.44. The zero-order valence-corrected chi connectivity index (χ0v) is 10.5. The molecule has 0 aliphatic rings. The maximum absolute atomic E-state index is 11.9. The van der Waals surface area contributed by atoms with E-state index in [1.165, 1.54) is 17.5 Å². The van der Waals surface area contributed by atoms with Crippen LogP contribution in [0.25, 0.3) is 0 Å². The number of rotatable bonds is 4. The van der Waals surface area contributed by atoms with Crippen LogP contribution in [0.15, 0.2) is 40.7 Å². The third-order valence-electron chi connectivity index (χ3n) is 2.05. The maximum atomic E-state index is 11.9. The van der Waals surface area contributed by atoms with Crippen molar-refractivity contribution in [3.05, 3.63) is 40.7 Å². The van der Waals surface area contributed by atoms with Crippen molar-refractivity contribution in [1.82, 2.24) is 4.98 Å². The van der Waals surface area contributed by atoms with E-state index in [-0.39, 0.29) is 4.90 Å². The number of anilines is 1. The van der Waals surface area contributed by atoms with Gasteiger partial charge in [0.1, 0.15) is 5.82 Å². The summed E-state index contributed by atoms with van der Waals surface area (Å²) in [7, 11) is -3.56. The first kappa shape index (κ1) is 12.0. The number of hydrogen-bond acceptors (Lipinski definition) is 5. The fourth-order valence-corrected chi connectivity index (χ4v) is 3.39. The molecule has 2 heterocycles. The van der Waals surface area contributed by atoms with Crippen molar-refractivity contribution in [1.29, 1.82) is 0 Å². The maximum Gasteiger partial charge on any atom is 0.263 e. The van der Waals surface area contributed by atoms with Crippen molar-refractivity contribution < 1.29 is 8.42 Å². The number of nitrogens with two attached hydrogens (primary N) is 1. The summed E-state index contributed by atoms with van der Waals surface area (Å²) in [5.41, 5.74) is 5.44. The molecule has 0 bridgehead atoms. The number of sulfonamides is 1. The summed E-state index contributed by atoms with van der Waals surface area (Å²) in [5, 5.41) is 1.56. The van der Waals surface area contributed by atoms with E-state index in [1.807, 2.05) is 0 Å². The van der Waals surface area contributed by atoms with E-state index in [4.69, 9.17) is 5.73 Å². The van der Waals surface area contributed by atoms with Crippen molar-refractivity contribution in [2.24, 2.45) is 5.73 Å². The fraction of sp³-hybridized carbons (Fsp3) is 0.100. The molecule has 0 aliphatic carbocycles. The van der Waals surface area contributed by atoms with Gasteiger partial charge in [-0.25, -0.2) is 13.4 Å². The average molecular weight is 269 g/mol. The van der Waals surface area contributed by atoms with Gasteiger partial charge in [-0.3, -0.25) is 4.72 Å². The smallest absolute Gasteiger partial charge is 0.263 e. The first-order chi connectivity index (χ1) is 8.12. The first-order valence-corrected chi connectivity index (χ1v) is 7.19. The lowest BCUT2D eigenvalue weighted by Gasteiger charge is -2.04. The van der Waals surface area contributed by atoms with Crippen LogP contribution in [0.4, 0.5) is 5.82 Å². The fourth-order valence-electron chi connectivity index (χ4n) is 1.23. The molecule has 0 spiro atoms. The minimum Gasteiger partial charge on any atom is -0.326 e. The van der Waals surface area contributed by atoms with E-state index < -0.39 is 10.0 Å². The monoisotopic (exact) mass is 269 g/mol. The molecule has 0 unspecified atom stereocenters. The number of nitrogens with zero attached hydrogens (tertiary/aromatic N) is 1. The zero-order valence-electron chi connectivity index (χ0n) is 8.83. The van der Waals surface area contributed by atoms with Gasteiger partial charge in [0.25, 0.3) is 10.0 Å². The predicted octanol–water partition coefficient (Wildman–Crippen LogP) is 1.40. The SMILES string of the molecule is NCc1cc(S(=O)(=O)Nc2ccccn2)cs1. The molecule has 0 radical (unpaired) electrons. The summed E-state index contributed by atoms with van der Waals surface area (Å²) in [4.78, 5) is 4.95. The molecule has 90 valence electrons. The van der Waals surface area contributed by atoms with E-state index in [0.717, 1.165) is 4.88 Å². The summed E-state index contributed by atoms with van der Waals surface area (Å²) < 4.78 is 26.3. The standard InChI is InChI=1S/C10H11N3O2S2/c11-6-8-5-9(7-16-8)17(14,15)13-10-3-1-2-4-12-10/h1-5,7H,6,11H2,(H,12,13). The van der Waals surface area contributed by atoms with E-state index in [0.29, 0.717) is 12.4 Å². The molecular formula is C10H11N3O2S2. The molecule has 2 aromatic heterocycles. The van der Waals surface area contributed by atoms with Crippen molar-refractivity contribution in [3.8, 4) is 0 Å². The first-order valence-electron chi connectivity index (χ1n) is 4.83. The molecule has 0 amide bonds. The lowest BCUT2D eigenvalue weighted by Crippen LogP contribution is -2.12. The Balaban J connectivity index is 2.25.